The molecule has 1 unspecified atom stereocenters. The molecule has 1 aliphatic rings. The Morgan fingerprint density at radius 2 is 2.12 bits per heavy atom. The summed E-state index contributed by atoms with van der Waals surface area (Å²) < 4.78 is 5.31. The number of nitrogens with zero attached hydrogens (tertiary/aromatic N) is 2. The lowest BCUT2D eigenvalue weighted by Crippen LogP contribution is -2.40. The molecule has 1 aliphatic heterocycles. The number of rotatable bonds is 2. The second kappa shape index (κ2) is 6.19. The zero-order valence-corrected chi connectivity index (χ0v) is 14.4. The van der Waals surface area contributed by atoms with Crippen LogP contribution in [0.15, 0.2) is 30.3 Å². The number of amides is 1. The summed E-state index contributed by atoms with van der Waals surface area (Å²) in [5, 5.41) is 3.96. The predicted molar refractivity (Wildman–Crippen MR) is 96.1 cm³/mol. The summed E-state index contributed by atoms with van der Waals surface area (Å²) in [7, 11) is 0. The highest BCUT2D eigenvalue weighted by molar-refractivity contribution is 5.83. The van der Waals surface area contributed by atoms with E-state index in [1.807, 2.05) is 51.1 Å². The molecule has 0 radical (unpaired) electrons. The first-order chi connectivity index (χ1) is 11.3. The van der Waals surface area contributed by atoms with Gasteiger partial charge < -0.3 is 20.7 Å². The Balaban J connectivity index is 1.65. The summed E-state index contributed by atoms with van der Waals surface area (Å²) in [5.41, 5.74) is 6.98. The number of ether oxygens (including phenoxy) is 1. The predicted octanol–water partition coefficient (Wildman–Crippen LogP) is 2.92. The van der Waals surface area contributed by atoms with Crippen LogP contribution >= 0.6 is 0 Å². The molecule has 1 aromatic heterocycles. The quantitative estimate of drug-likeness (QED) is 0.829. The van der Waals surface area contributed by atoms with Crippen LogP contribution in [-0.4, -0.2) is 35.8 Å². The summed E-state index contributed by atoms with van der Waals surface area (Å²) in [5.74, 6) is 0.917. The summed E-state index contributed by atoms with van der Waals surface area (Å²) in [4.78, 5) is 18.8. The highest BCUT2D eigenvalue weighted by atomic mass is 16.6. The molecule has 128 valence electrons. The van der Waals surface area contributed by atoms with Crippen molar-refractivity contribution in [3.8, 4) is 0 Å². The van der Waals surface area contributed by atoms with E-state index in [1.165, 1.54) is 0 Å². The fraction of sp³-hybridized carbons (Fsp3) is 0.444. The number of aromatic nitrogens is 1. The number of benzene rings is 1. The van der Waals surface area contributed by atoms with Crippen LogP contribution in [0.4, 0.5) is 16.3 Å². The number of carbonyl (C=O) groups excluding carboxylic acids is 1. The lowest BCUT2D eigenvalue weighted by Gasteiger charge is -2.22. The highest BCUT2D eigenvalue weighted by Crippen LogP contribution is 2.23. The second-order valence-electron chi connectivity index (χ2n) is 7.20. The summed E-state index contributed by atoms with van der Waals surface area (Å²) in [6.07, 6.45) is 0.511. The Labute approximate surface area is 142 Å². The SMILES string of the molecule is CC(C)(C)OC(=O)NC1CCN(c2ccc3cc(N)ccc3n2)C1. The molecular weight excluding hydrogens is 304 g/mol. The van der Waals surface area contributed by atoms with Gasteiger partial charge in [0.25, 0.3) is 0 Å². The van der Waals surface area contributed by atoms with Crippen molar-refractivity contribution in [1.29, 1.82) is 0 Å². The molecule has 0 saturated carbocycles. The normalized spacial score (nSPS) is 18.0. The molecule has 1 aromatic carbocycles. The van der Waals surface area contributed by atoms with Crippen molar-refractivity contribution in [2.75, 3.05) is 23.7 Å². The topological polar surface area (TPSA) is 80.5 Å². The molecule has 0 bridgehead atoms. The molecule has 2 heterocycles. The smallest absolute Gasteiger partial charge is 0.407 e. The van der Waals surface area contributed by atoms with Gasteiger partial charge in [-0.25, -0.2) is 9.78 Å². The van der Waals surface area contributed by atoms with Crippen molar-refractivity contribution in [3.63, 3.8) is 0 Å². The van der Waals surface area contributed by atoms with Crippen LogP contribution in [-0.2, 0) is 4.74 Å². The molecule has 1 fully saturated rings. The van der Waals surface area contributed by atoms with Gasteiger partial charge >= 0.3 is 6.09 Å². The molecule has 3 N–H and O–H groups in total. The number of anilines is 2. The van der Waals surface area contributed by atoms with Gasteiger partial charge in [0.05, 0.1) is 11.6 Å². The van der Waals surface area contributed by atoms with E-state index in [4.69, 9.17) is 15.5 Å². The standard InChI is InChI=1S/C18H24N4O2/c1-18(2,3)24-17(23)20-14-8-9-22(11-14)16-7-4-12-10-13(19)5-6-15(12)21-16/h4-7,10,14H,8-9,11,19H2,1-3H3,(H,20,23). The lowest BCUT2D eigenvalue weighted by molar-refractivity contribution is 0.0509. The van der Waals surface area contributed by atoms with E-state index in [0.29, 0.717) is 0 Å². The van der Waals surface area contributed by atoms with E-state index in [2.05, 4.69) is 10.2 Å². The van der Waals surface area contributed by atoms with Crippen molar-refractivity contribution in [1.82, 2.24) is 10.3 Å². The van der Waals surface area contributed by atoms with Gasteiger partial charge in [-0.2, -0.15) is 0 Å². The Morgan fingerprint density at radius 1 is 1.33 bits per heavy atom. The summed E-state index contributed by atoms with van der Waals surface area (Å²) >= 11 is 0. The number of fused-ring (bicyclic) bond motifs is 1. The monoisotopic (exact) mass is 328 g/mol. The molecule has 6 heteroatoms. The van der Waals surface area contributed by atoms with Gasteiger partial charge in [-0.05, 0) is 57.5 Å². The van der Waals surface area contributed by atoms with E-state index >= 15 is 0 Å². The number of nitrogens with two attached hydrogens (primary N) is 1. The molecule has 3 rings (SSSR count). The number of carbonyl (C=O) groups is 1. The fourth-order valence-electron chi connectivity index (χ4n) is 2.87. The van der Waals surface area contributed by atoms with Gasteiger partial charge in [-0.3, -0.25) is 0 Å². The maximum Gasteiger partial charge on any atom is 0.407 e. The zero-order chi connectivity index (χ0) is 17.3. The minimum atomic E-state index is -0.482. The van der Waals surface area contributed by atoms with Gasteiger partial charge in [0.1, 0.15) is 11.4 Å². The summed E-state index contributed by atoms with van der Waals surface area (Å²) in [6, 6.07) is 9.81. The summed E-state index contributed by atoms with van der Waals surface area (Å²) in [6.45, 7) is 7.17. The molecule has 24 heavy (non-hydrogen) atoms. The molecule has 0 spiro atoms. The van der Waals surface area contributed by atoms with Crippen molar-refractivity contribution in [2.24, 2.45) is 0 Å². The van der Waals surface area contributed by atoms with Crippen LogP contribution in [0, 0.1) is 0 Å². The molecule has 0 aliphatic carbocycles. The third kappa shape index (κ3) is 3.88. The van der Waals surface area contributed by atoms with Crippen LogP contribution in [0.25, 0.3) is 10.9 Å². The third-order valence-corrected chi connectivity index (χ3v) is 3.93. The largest absolute Gasteiger partial charge is 0.444 e. The van der Waals surface area contributed by atoms with Gasteiger partial charge in [-0.1, -0.05) is 0 Å². The molecule has 1 amide bonds. The second-order valence-corrected chi connectivity index (χ2v) is 7.20. The lowest BCUT2D eigenvalue weighted by atomic mass is 10.2. The third-order valence-electron chi connectivity index (χ3n) is 3.93. The molecule has 2 aromatic rings. The van der Waals surface area contributed by atoms with Gasteiger partial charge in [0.15, 0.2) is 0 Å². The van der Waals surface area contributed by atoms with Crippen LogP contribution < -0.4 is 16.0 Å². The maximum absolute atomic E-state index is 11.9. The van der Waals surface area contributed by atoms with Crippen molar-refractivity contribution < 1.29 is 9.53 Å². The van der Waals surface area contributed by atoms with E-state index in [9.17, 15) is 4.79 Å². The Kier molecular flexibility index (Phi) is 4.22. The number of pyridine rings is 1. The average molecular weight is 328 g/mol. The van der Waals surface area contributed by atoms with Gasteiger partial charge in [0.2, 0.25) is 0 Å². The van der Waals surface area contributed by atoms with E-state index in [1.54, 1.807) is 0 Å². The first-order valence-corrected chi connectivity index (χ1v) is 8.21. The average Bonchev–Trinajstić information content (AvgIpc) is 2.93. The van der Waals surface area contributed by atoms with E-state index in [-0.39, 0.29) is 12.1 Å². The highest BCUT2D eigenvalue weighted by Gasteiger charge is 2.26. The fourth-order valence-corrected chi connectivity index (χ4v) is 2.87. The van der Waals surface area contributed by atoms with Crippen molar-refractivity contribution in [3.05, 3.63) is 30.3 Å². The van der Waals surface area contributed by atoms with E-state index < -0.39 is 5.60 Å². The molecule has 1 atom stereocenters. The zero-order valence-electron chi connectivity index (χ0n) is 14.4. The van der Waals surface area contributed by atoms with Crippen LogP contribution in [0.3, 0.4) is 0 Å². The molecule has 1 saturated heterocycles. The van der Waals surface area contributed by atoms with Crippen LogP contribution in [0.5, 0.6) is 0 Å². The minimum Gasteiger partial charge on any atom is -0.444 e. The number of hydrogen-bond donors (Lipinski definition) is 2. The maximum atomic E-state index is 11.9. The van der Waals surface area contributed by atoms with Crippen molar-refractivity contribution in [2.45, 2.75) is 38.8 Å². The Hall–Kier alpha value is -2.50. The first kappa shape index (κ1) is 16.4. The molecule has 6 nitrogen and oxygen atoms in total. The van der Waals surface area contributed by atoms with Gasteiger partial charge in [-0.15, -0.1) is 0 Å². The van der Waals surface area contributed by atoms with Crippen LogP contribution in [0.2, 0.25) is 0 Å². The number of nitrogen functional groups attached to an aromatic ring is 1. The van der Waals surface area contributed by atoms with Gasteiger partial charge in [0, 0.05) is 24.2 Å². The number of nitrogens with one attached hydrogen (secondary N) is 1. The van der Waals surface area contributed by atoms with Crippen LogP contribution in [0.1, 0.15) is 27.2 Å². The minimum absolute atomic E-state index is 0.0729. The van der Waals surface area contributed by atoms with E-state index in [0.717, 1.165) is 41.9 Å². The molecular formula is C18H24N4O2. The number of hydrogen-bond acceptors (Lipinski definition) is 5. The number of alkyl carbamates (subject to hydrolysis) is 1. The van der Waals surface area contributed by atoms with Crippen molar-refractivity contribution >= 4 is 28.5 Å². The first-order valence-electron chi connectivity index (χ1n) is 8.21. The Bertz CT molecular complexity index is 754. The Morgan fingerprint density at radius 3 is 2.88 bits per heavy atom.